The van der Waals surface area contributed by atoms with Crippen molar-refractivity contribution in [2.75, 3.05) is 24.7 Å². The van der Waals surface area contributed by atoms with Crippen LogP contribution in [0.2, 0.25) is 0 Å². The number of thioether (sulfide) groups is 1. The Morgan fingerprint density at radius 3 is 2.81 bits per heavy atom. The van der Waals surface area contributed by atoms with Gasteiger partial charge in [-0.25, -0.2) is 4.98 Å². The van der Waals surface area contributed by atoms with Crippen LogP contribution in [0.15, 0.2) is 29.4 Å². The van der Waals surface area contributed by atoms with Crippen molar-refractivity contribution in [3.63, 3.8) is 0 Å². The maximum atomic E-state index is 5.42. The van der Waals surface area contributed by atoms with Crippen molar-refractivity contribution in [3.05, 3.63) is 24.4 Å². The molecule has 0 bridgehead atoms. The molecule has 2 nitrogen and oxygen atoms in total. The summed E-state index contributed by atoms with van der Waals surface area (Å²) >= 11 is 6.34. The van der Waals surface area contributed by atoms with E-state index in [1.165, 1.54) is 0 Å². The zero-order valence-electron chi connectivity index (χ0n) is 9.26. The standard InChI is InChI=1S/C12H17NOS2/c15-9-12(4-7-14-8-5-12)10-16-11-3-1-2-6-13-11/h1-3,6,15H,4-5,7-10H2. The smallest absolute Gasteiger partial charge is 0.0959 e. The molecule has 0 aromatic carbocycles. The number of pyridine rings is 1. The minimum Gasteiger partial charge on any atom is -0.381 e. The van der Waals surface area contributed by atoms with Crippen molar-refractivity contribution in [1.82, 2.24) is 4.98 Å². The largest absolute Gasteiger partial charge is 0.381 e. The Morgan fingerprint density at radius 1 is 1.38 bits per heavy atom. The van der Waals surface area contributed by atoms with Crippen molar-refractivity contribution in [1.29, 1.82) is 0 Å². The zero-order valence-corrected chi connectivity index (χ0v) is 11.0. The first-order valence-electron chi connectivity index (χ1n) is 5.57. The molecule has 4 heteroatoms. The summed E-state index contributed by atoms with van der Waals surface area (Å²) in [6.45, 7) is 1.76. The number of nitrogens with zero attached hydrogens (tertiary/aromatic N) is 1. The van der Waals surface area contributed by atoms with Crippen LogP contribution in [0, 0.1) is 5.41 Å². The van der Waals surface area contributed by atoms with Crippen LogP contribution in [0.1, 0.15) is 12.8 Å². The van der Waals surface area contributed by atoms with E-state index in [0.29, 0.717) is 5.41 Å². The van der Waals surface area contributed by atoms with Gasteiger partial charge in [-0.15, -0.1) is 11.8 Å². The predicted molar refractivity (Wildman–Crippen MR) is 71.3 cm³/mol. The first-order chi connectivity index (χ1) is 7.85. The minimum atomic E-state index is 0.337. The van der Waals surface area contributed by atoms with Gasteiger partial charge in [-0.05, 0) is 36.1 Å². The number of rotatable bonds is 4. The van der Waals surface area contributed by atoms with E-state index >= 15 is 0 Å². The summed E-state index contributed by atoms with van der Waals surface area (Å²) in [6.07, 6.45) is 4.09. The summed E-state index contributed by atoms with van der Waals surface area (Å²) in [7, 11) is 0. The molecule has 1 aromatic rings. The third kappa shape index (κ3) is 3.15. The first kappa shape index (κ1) is 12.3. The third-order valence-corrected chi connectivity index (χ3v) is 5.02. The Hall–Kier alpha value is -0.190. The molecule has 0 aliphatic carbocycles. The van der Waals surface area contributed by atoms with Crippen molar-refractivity contribution in [3.8, 4) is 0 Å². The molecule has 2 heterocycles. The molecule has 1 aliphatic rings. The number of ether oxygens (including phenoxy) is 1. The monoisotopic (exact) mass is 255 g/mol. The molecule has 1 aromatic heterocycles. The molecule has 0 N–H and O–H groups in total. The zero-order chi connectivity index (χ0) is 11.3. The highest BCUT2D eigenvalue weighted by Gasteiger charge is 2.31. The Balaban J connectivity index is 1.92. The lowest BCUT2D eigenvalue weighted by atomic mass is 9.84. The highest BCUT2D eigenvalue weighted by atomic mass is 32.2. The van der Waals surface area contributed by atoms with Gasteiger partial charge in [-0.1, -0.05) is 6.07 Å². The summed E-state index contributed by atoms with van der Waals surface area (Å²) in [6, 6.07) is 6.05. The number of aromatic nitrogens is 1. The van der Waals surface area contributed by atoms with Crippen LogP contribution in [0.4, 0.5) is 0 Å². The summed E-state index contributed by atoms with van der Waals surface area (Å²) < 4.78 is 5.42. The van der Waals surface area contributed by atoms with Gasteiger partial charge in [0.2, 0.25) is 0 Å². The van der Waals surface area contributed by atoms with E-state index in [1.807, 2.05) is 30.1 Å². The van der Waals surface area contributed by atoms with Crippen molar-refractivity contribution in [2.45, 2.75) is 17.9 Å². The van der Waals surface area contributed by atoms with Gasteiger partial charge in [-0.2, -0.15) is 12.6 Å². The van der Waals surface area contributed by atoms with Gasteiger partial charge in [0.15, 0.2) is 0 Å². The van der Waals surface area contributed by atoms with Gasteiger partial charge < -0.3 is 4.74 Å². The van der Waals surface area contributed by atoms with Crippen LogP contribution >= 0.6 is 24.4 Å². The molecular weight excluding hydrogens is 238 g/mol. The van der Waals surface area contributed by atoms with E-state index in [9.17, 15) is 0 Å². The predicted octanol–water partition coefficient (Wildman–Crippen LogP) is 2.90. The molecule has 1 aliphatic heterocycles. The first-order valence-corrected chi connectivity index (χ1v) is 7.19. The maximum Gasteiger partial charge on any atom is 0.0959 e. The fourth-order valence-corrected chi connectivity index (χ4v) is 3.55. The van der Waals surface area contributed by atoms with Gasteiger partial charge in [-0.3, -0.25) is 0 Å². The highest BCUT2D eigenvalue weighted by molar-refractivity contribution is 7.99. The topological polar surface area (TPSA) is 22.1 Å². The SMILES string of the molecule is SCC1(CSc2ccccn2)CCOCC1. The fourth-order valence-electron chi connectivity index (χ4n) is 1.81. The number of thiol groups is 1. The van der Waals surface area contributed by atoms with E-state index in [2.05, 4.69) is 23.7 Å². The lowest BCUT2D eigenvalue weighted by Crippen LogP contribution is -2.33. The molecule has 1 fully saturated rings. The van der Waals surface area contributed by atoms with Crippen LogP contribution in [-0.4, -0.2) is 29.7 Å². The molecule has 0 radical (unpaired) electrons. The van der Waals surface area contributed by atoms with Gasteiger partial charge >= 0.3 is 0 Å². The van der Waals surface area contributed by atoms with E-state index in [0.717, 1.165) is 42.6 Å². The summed E-state index contributed by atoms with van der Waals surface area (Å²) in [5, 5.41) is 1.11. The molecular formula is C12H17NOS2. The normalized spacial score (nSPS) is 19.6. The average Bonchev–Trinajstić information content (AvgIpc) is 2.39. The minimum absolute atomic E-state index is 0.337. The Morgan fingerprint density at radius 2 is 2.19 bits per heavy atom. The molecule has 0 saturated carbocycles. The quantitative estimate of drug-likeness (QED) is 0.660. The third-order valence-electron chi connectivity index (χ3n) is 3.05. The maximum absolute atomic E-state index is 5.42. The Bertz CT molecular complexity index is 312. The second kappa shape index (κ2) is 5.94. The summed E-state index contributed by atoms with van der Waals surface area (Å²) in [5.41, 5.74) is 0.337. The van der Waals surface area contributed by atoms with Crippen molar-refractivity contribution in [2.24, 2.45) is 5.41 Å². The van der Waals surface area contributed by atoms with E-state index < -0.39 is 0 Å². The van der Waals surface area contributed by atoms with Crippen LogP contribution < -0.4 is 0 Å². The number of hydrogen-bond acceptors (Lipinski definition) is 4. The van der Waals surface area contributed by atoms with Crippen LogP contribution in [0.25, 0.3) is 0 Å². The van der Waals surface area contributed by atoms with E-state index in [4.69, 9.17) is 4.74 Å². The van der Waals surface area contributed by atoms with Crippen molar-refractivity contribution >= 4 is 24.4 Å². The average molecular weight is 255 g/mol. The molecule has 0 atom stereocenters. The second-order valence-corrected chi connectivity index (χ2v) is 5.54. The van der Waals surface area contributed by atoms with Gasteiger partial charge in [0, 0.05) is 25.2 Å². The molecule has 0 spiro atoms. The number of hydrogen-bond donors (Lipinski definition) is 1. The van der Waals surface area contributed by atoms with E-state index in [-0.39, 0.29) is 0 Å². The Kier molecular flexibility index (Phi) is 4.55. The van der Waals surface area contributed by atoms with Crippen LogP contribution in [-0.2, 0) is 4.74 Å². The molecule has 16 heavy (non-hydrogen) atoms. The highest BCUT2D eigenvalue weighted by Crippen LogP contribution is 2.36. The lowest BCUT2D eigenvalue weighted by Gasteiger charge is -2.35. The van der Waals surface area contributed by atoms with Crippen molar-refractivity contribution < 1.29 is 4.74 Å². The molecule has 2 rings (SSSR count). The molecule has 0 unspecified atom stereocenters. The van der Waals surface area contributed by atoms with E-state index in [1.54, 1.807) is 0 Å². The second-order valence-electron chi connectivity index (χ2n) is 4.23. The Labute approximate surface area is 107 Å². The lowest BCUT2D eigenvalue weighted by molar-refractivity contribution is 0.0371. The molecule has 88 valence electrons. The van der Waals surface area contributed by atoms with Crippen LogP contribution in [0.3, 0.4) is 0 Å². The molecule has 1 saturated heterocycles. The summed E-state index contributed by atoms with van der Waals surface area (Å²) in [4.78, 5) is 4.34. The van der Waals surface area contributed by atoms with Gasteiger partial charge in [0.1, 0.15) is 0 Å². The van der Waals surface area contributed by atoms with Gasteiger partial charge in [0.25, 0.3) is 0 Å². The fraction of sp³-hybridized carbons (Fsp3) is 0.583. The van der Waals surface area contributed by atoms with Crippen LogP contribution in [0.5, 0.6) is 0 Å². The van der Waals surface area contributed by atoms with Gasteiger partial charge in [0.05, 0.1) is 5.03 Å². The molecule has 0 amide bonds. The summed E-state index contributed by atoms with van der Waals surface area (Å²) in [5.74, 6) is 2.03.